The van der Waals surface area contributed by atoms with Crippen LogP contribution in [0.5, 0.6) is 0 Å². The van der Waals surface area contributed by atoms with E-state index in [1.54, 1.807) is 13.5 Å². The molecule has 0 amide bonds. The van der Waals surface area contributed by atoms with E-state index < -0.39 is 0 Å². The van der Waals surface area contributed by atoms with Gasteiger partial charge < -0.3 is 23.2 Å². The van der Waals surface area contributed by atoms with E-state index in [-0.39, 0.29) is 32.2 Å². The molecule has 0 aliphatic carbocycles. The van der Waals surface area contributed by atoms with Crippen molar-refractivity contribution in [2.45, 2.75) is 12.5 Å². The quantitative estimate of drug-likeness (QED) is 0.503. The zero-order valence-corrected chi connectivity index (χ0v) is 8.81. The van der Waals surface area contributed by atoms with Crippen molar-refractivity contribution in [3.8, 4) is 0 Å². The minimum Gasteiger partial charge on any atom is -0.428 e. The summed E-state index contributed by atoms with van der Waals surface area (Å²) in [4.78, 5) is 0. The van der Waals surface area contributed by atoms with Crippen LogP contribution in [0.15, 0.2) is 0 Å². The van der Waals surface area contributed by atoms with Crippen LogP contribution < -0.4 is 0 Å². The van der Waals surface area contributed by atoms with E-state index in [9.17, 15) is 0 Å². The van der Waals surface area contributed by atoms with Gasteiger partial charge in [-0.15, -0.1) is 0 Å². The predicted octanol–water partition coefficient (Wildman–Crippen LogP) is 0.420. The molecular weight excluding hydrogens is 169 g/mol. The molecule has 0 aromatic carbocycles. The van der Waals surface area contributed by atoms with Crippen LogP contribution in [0.2, 0.25) is 0 Å². The van der Waals surface area contributed by atoms with E-state index in [0.717, 1.165) is 0 Å². The Balaban J connectivity index is 0. The summed E-state index contributed by atoms with van der Waals surface area (Å²) in [6, 6.07) is 0. The molecule has 50 valence electrons. The maximum Gasteiger partial charge on any atom is 2.00 e. The van der Waals surface area contributed by atoms with Crippen molar-refractivity contribution in [1.82, 2.24) is 0 Å². The summed E-state index contributed by atoms with van der Waals surface area (Å²) in [6.45, 7) is 3.74. The van der Waals surface area contributed by atoms with Crippen LogP contribution in [0.3, 0.4) is 0 Å². The third kappa shape index (κ3) is 8.54. The van der Waals surface area contributed by atoms with Gasteiger partial charge in [-0.05, 0) is 0 Å². The Bertz CT molecular complexity index is 50.3. The molecule has 0 spiro atoms. The Hall–Kier alpha value is 0.543. The maximum atomic E-state index is 8.27. The van der Waals surface area contributed by atoms with Crippen molar-refractivity contribution in [3.63, 3.8) is 0 Å². The molecule has 1 atom stereocenters. The molecule has 0 fully saturated rings. The van der Waals surface area contributed by atoms with Crippen molar-refractivity contribution in [2.24, 2.45) is 0 Å². The molecule has 0 aromatic rings. The molecule has 2 nitrogen and oxygen atoms in total. The molecule has 0 aromatic heterocycles. The summed E-state index contributed by atoms with van der Waals surface area (Å²) in [7, 11) is 1.60. The molecule has 0 saturated heterocycles. The summed E-state index contributed by atoms with van der Waals surface area (Å²) in [5.41, 5.74) is 0. The minimum atomic E-state index is -0.0119. The van der Waals surface area contributed by atoms with Gasteiger partial charge >= 0.3 is 19.5 Å². The fraction of sp³-hybridized carbons (Fsp3) is 0.667. The summed E-state index contributed by atoms with van der Waals surface area (Å²) < 4.78 is 4.80. The first-order valence-electron chi connectivity index (χ1n) is 2.59. The number of hydrogen-bond acceptors (Lipinski definition) is 2. The van der Waals surface area contributed by atoms with E-state index in [0.29, 0.717) is 6.42 Å². The molecule has 3 heteroatoms. The van der Waals surface area contributed by atoms with E-state index in [1.165, 1.54) is 0 Å². The van der Waals surface area contributed by atoms with Gasteiger partial charge in [-0.25, -0.2) is 0 Å². The van der Waals surface area contributed by atoms with Gasteiger partial charge in [0.25, 0.3) is 0 Å². The molecule has 0 saturated carbocycles. The maximum absolute atomic E-state index is 8.27. The first kappa shape index (κ1) is 12.2. The molecule has 0 bridgehead atoms. The van der Waals surface area contributed by atoms with Crippen LogP contribution in [0.25, 0.3) is 0 Å². The molecule has 0 unspecified atom stereocenters. The van der Waals surface area contributed by atoms with Crippen molar-refractivity contribution in [1.29, 1.82) is 0 Å². The first-order chi connectivity index (χ1) is 3.81. The van der Waals surface area contributed by atoms with E-state index in [2.05, 4.69) is 6.92 Å². The minimum absolute atomic E-state index is 0. The van der Waals surface area contributed by atoms with Gasteiger partial charge in [0, 0.05) is 7.11 Å². The van der Waals surface area contributed by atoms with Crippen LogP contribution in [0.1, 0.15) is 6.42 Å². The van der Waals surface area contributed by atoms with Crippen molar-refractivity contribution in [3.05, 3.63) is 13.3 Å². The molecule has 0 radical (unpaired) electrons. The van der Waals surface area contributed by atoms with Crippen molar-refractivity contribution in [2.75, 3.05) is 13.7 Å². The summed E-state index contributed by atoms with van der Waals surface area (Å²) in [5.74, 6) is 0. The van der Waals surface area contributed by atoms with E-state index in [4.69, 9.17) is 9.84 Å². The van der Waals surface area contributed by atoms with Crippen LogP contribution in [0, 0.1) is 13.3 Å². The molecule has 0 rings (SSSR count). The van der Waals surface area contributed by atoms with Gasteiger partial charge in [0.1, 0.15) is 0 Å². The fourth-order valence-electron chi connectivity index (χ4n) is 0.357. The SMILES string of the molecule is [CH2-][C@@H](C[CH-]CO)OC.[Zn+2]. The summed E-state index contributed by atoms with van der Waals surface area (Å²) in [5, 5.41) is 8.27. The van der Waals surface area contributed by atoms with E-state index >= 15 is 0 Å². The fourth-order valence-corrected chi connectivity index (χ4v) is 0.357. The van der Waals surface area contributed by atoms with Crippen molar-refractivity contribution < 1.29 is 29.3 Å². The number of methoxy groups -OCH3 is 1. The van der Waals surface area contributed by atoms with Gasteiger partial charge in [-0.3, -0.25) is 0 Å². The Kier molecular flexibility index (Phi) is 11.6. The second-order valence-electron chi connectivity index (χ2n) is 1.56. The third-order valence-electron chi connectivity index (χ3n) is 0.892. The van der Waals surface area contributed by atoms with Gasteiger partial charge in [0.05, 0.1) is 0 Å². The second-order valence-corrected chi connectivity index (χ2v) is 1.56. The Labute approximate surface area is 69.4 Å². The van der Waals surface area contributed by atoms with Crippen LogP contribution in [-0.4, -0.2) is 24.9 Å². The monoisotopic (exact) mass is 180 g/mol. The van der Waals surface area contributed by atoms with Crippen molar-refractivity contribution >= 4 is 0 Å². The first-order valence-corrected chi connectivity index (χ1v) is 2.59. The molecule has 0 heterocycles. The number of ether oxygens (including phenoxy) is 1. The zero-order chi connectivity index (χ0) is 6.41. The standard InChI is InChI=1S/C6H12O2.Zn/c1-6(8-2)4-3-5-7;/h3,6-7H,1,4-5H2,2H3;/q-2;+2/t6-;/m0./s1. The average molecular weight is 182 g/mol. The third-order valence-corrected chi connectivity index (χ3v) is 0.892. The second kappa shape index (κ2) is 8.54. The molecule has 0 aliphatic heterocycles. The Morgan fingerprint density at radius 3 is 2.67 bits per heavy atom. The smallest absolute Gasteiger partial charge is 0.428 e. The number of hydrogen-bond donors (Lipinski definition) is 1. The molecule has 9 heavy (non-hydrogen) atoms. The van der Waals surface area contributed by atoms with Crippen LogP contribution in [-0.2, 0) is 24.2 Å². The van der Waals surface area contributed by atoms with Gasteiger partial charge in [0.2, 0.25) is 0 Å². The van der Waals surface area contributed by atoms with Crippen LogP contribution in [0.4, 0.5) is 0 Å². The predicted molar refractivity (Wildman–Crippen MR) is 32.2 cm³/mol. The Morgan fingerprint density at radius 1 is 1.78 bits per heavy atom. The van der Waals surface area contributed by atoms with E-state index in [1.807, 2.05) is 0 Å². The molecular formula is C6H12O2Zn. The number of rotatable bonds is 4. The molecule has 1 N–H and O–H groups in total. The van der Waals surface area contributed by atoms with Gasteiger partial charge in [-0.2, -0.15) is 6.42 Å². The summed E-state index contributed by atoms with van der Waals surface area (Å²) in [6.07, 6.45) is 2.43. The summed E-state index contributed by atoms with van der Waals surface area (Å²) >= 11 is 0. The number of aliphatic hydroxyl groups excluding tert-OH is 1. The Morgan fingerprint density at radius 2 is 2.33 bits per heavy atom. The van der Waals surface area contributed by atoms with Crippen LogP contribution >= 0.6 is 0 Å². The number of aliphatic hydroxyl groups is 1. The topological polar surface area (TPSA) is 29.5 Å². The molecule has 0 aliphatic rings. The normalized spacial score (nSPS) is 12.3. The average Bonchev–Trinajstić information content (AvgIpc) is 1.83. The van der Waals surface area contributed by atoms with Gasteiger partial charge in [0.15, 0.2) is 0 Å². The zero-order valence-electron chi connectivity index (χ0n) is 5.84. The largest absolute Gasteiger partial charge is 2.00 e. The van der Waals surface area contributed by atoms with Gasteiger partial charge in [-0.1, -0.05) is 12.7 Å².